The highest BCUT2D eigenvalue weighted by Crippen LogP contribution is 2.20. The van der Waals surface area contributed by atoms with Crippen molar-refractivity contribution >= 4 is 21.6 Å². The lowest BCUT2D eigenvalue weighted by molar-refractivity contribution is 0.379. The molecular formula is C15H17ClFN3O2S. The van der Waals surface area contributed by atoms with E-state index in [9.17, 15) is 12.8 Å². The zero-order chi connectivity index (χ0) is 16.4. The molecule has 0 saturated heterocycles. The van der Waals surface area contributed by atoms with Gasteiger partial charge in [-0.1, -0.05) is 11.6 Å². The fourth-order valence-corrected chi connectivity index (χ4v) is 4.16. The third-order valence-electron chi connectivity index (χ3n) is 4.00. The molecule has 1 aliphatic heterocycles. The van der Waals surface area contributed by atoms with Gasteiger partial charge in [0.2, 0.25) is 10.0 Å². The first-order valence-corrected chi connectivity index (χ1v) is 9.37. The van der Waals surface area contributed by atoms with Crippen LogP contribution in [0.1, 0.15) is 17.8 Å². The van der Waals surface area contributed by atoms with Crippen molar-refractivity contribution in [2.45, 2.75) is 25.1 Å². The van der Waals surface area contributed by atoms with Crippen molar-refractivity contribution in [2.75, 3.05) is 6.54 Å². The molecule has 1 aromatic carbocycles. The molecule has 3 rings (SSSR count). The molecule has 1 aliphatic rings. The summed E-state index contributed by atoms with van der Waals surface area (Å²) < 4.78 is 42.6. The first-order chi connectivity index (χ1) is 10.9. The van der Waals surface area contributed by atoms with E-state index in [0.717, 1.165) is 25.2 Å². The van der Waals surface area contributed by atoms with E-state index >= 15 is 0 Å². The van der Waals surface area contributed by atoms with Gasteiger partial charge in [0.25, 0.3) is 0 Å². The topological polar surface area (TPSA) is 64.0 Å². The van der Waals surface area contributed by atoms with Crippen molar-refractivity contribution < 1.29 is 12.8 Å². The van der Waals surface area contributed by atoms with Crippen LogP contribution in [0.5, 0.6) is 0 Å². The van der Waals surface area contributed by atoms with Crippen LogP contribution >= 0.6 is 11.6 Å². The lowest BCUT2D eigenvalue weighted by atomic mass is 9.98. The van der Waals surface area contributed by atoms with Gasteiger partial charge in [0.15, 0.2) is 0 Å². The Morgan fingerprint density at radius 1 is 1.43 bits per heavy atom. The maximum Gasteiger partial charge on any atom is 0.215 e. The van der Waals surface area contributed by atoms with Gasteiger partial charge in [-0.25, -0.2) is 22.5 Å². The van der Waals surface area contributed by atoms with E-state index in [1.165, 1.54) is 18.2 Å². The number of hydrogen-bond donors (Lipinski definition) is 1. The first kappa shape index (κ1) is 16.4. The Kier molecular flexibility index (Phi) is 4.70. The van der Waals surface area contributed by atoms with Gasteiger partial charge in [-0.05, 0) is 30.5 Å². The number of aryl methyl sites for hydroxylation is 1. The summed E-state index contributed by atoms with van der Waals surface area (Å²) in [5.74, 6) is 0.186. The first-order valence-electron chi connectivity index (χ1n) is 7.34. The van der Waals surface area contributed by atoms with Gasteiger partial charge in [0.05, 0.1) is 5.75 Å². The van der Waals surface area contributed by atoms with E-state index in [1.807, 2.05) is 6.20 Å². The Morgan fingerprint density at radius 3 is 3.09 bits per heavy atom. The molecule has 1 N–H and O–H groups in total. The van der Waals surface area contributed by atoms with Crippen molar-refractivity contribution in [3.8, 4) is 0 Å². The second kappa shape index (κ2) is 6.59. The van der Waals surface area contributed by atoms with E-state index in [1.54, 1.807) is 6.20 Å². The van der Waals surface area contributed by atoms with Crippen LogP contribution in [-0.2, 0) is 28.7 Å². The van der Waals surface area contributed by atoms with Crippen LogP contribution in [0.3, 0.4) is 0 Å². The Labute approximate surface area is 139 Å². The fourth-order valence-electron chi connectivity index (χ4n) is 2.74. The SMILES string of the molecule is O=S(=O)(Cc1cc(Cl)ccc1F)NC[C@@H]1CCn2ccnc2C1. The Morgan fingerprint density at radius 2 is 2.26 bits per heavy atom. The Balaban J connectivity index is 1.60. The highest BCUT2D eigenvalue weighted by atomic mass is 35.5. The molecule has 1 aromatic heterocycles. The summed E-state index contributed by atoms with van der Waals surface area (Å²) in [6.07, 6.45) is 5.31. The Bertz CT molecular complexity index is 807. The van der Waals surface area contributed by atoms with Crippen LogP contribution in [0.4, 0.5) is 4.39 Å². The zero-order valence-corrected chi connectivity index (χ0v) is 13.9. The number of halogens is 2. The number of hydrogen-bond acceptors (Lipinski definition) is 3. The second-order valence-corrected chi connectivity index (χ2v) is 7.98. The number of sulfonamides is 1. The van der Waals surface area contributed by atoms with Crippen molar-refractivity contribution in [2.24, 2.45) is 5.92 Å². The summed E-state index contributed by atoms with van der Waals surface area (Å²) in [6, 6.07) is 3.91. The highest BCUT2D eigenvalue weighted by molar-refractivity contribution is 7.88. The van der Waals surface area contributed by atoms with E-state index in [-0.39, 0.29) is 11.5 Å². The zero-order valence-electron chi connectivity index (χ0n) is 12.4. The summed E-state index contributed by atoms with van der Waals surface area (Å²) in [5, 5.41) is 0.315. The lowest BCUT2D eigenvalue weighted by Gasteiger charge is -2.23. The van der Waals surface area contributed by atoms with Crippen LogP contribution in [0.15, 0.2) is 30.6 Å². The highest BCUT2D eigenvalue weighted by Gasteiger charge is 2.22. The molecule has 1 atom stereocenters. The smallest absolute Gasteiger partial charge is 0.215 e. The van der Waals surface area contributed by atoms with Crippen LogP contribution in [-0.4, -0.2) is 24.5 Å². The maximum atomic E-state index is 13.7. The molecule has 0 bridgehead atoms. The number of imidazole rings is 1. The van der Waals surface area contributed by atoms with Gasteiger partial charge >= 0.3 is 0 Å². The molecule has 0 spiro atoms. The van der Waals surface area contributed by atoms with Crippen LogP contribution in [0, 0.1) is 11.7 Å². The molecule has 0 amide bonds. The molecule has 23 heavy (non-hydrogen) atoms. The normalized spacial score (nSPS) is 17.9. The summed E-state index contributed by atoms with van der Waals surface area (Å²) in [5.41, 5.74) is 0.0733. The summed E-state index contributed by atoms with van der Waals surface area (Å²) in [7, 11) is -3.61. The minimum atomic E-state index is -3.61. The summed E-state index contributed by atoms with van der Waals surface area (Å²) >= 11 is 5.79. The van der Waals surface area contributed by atoms with Crippen molar-refractivity contribution in [1.82, 2.24) is 14.3 Å². The van der Waals surface area contributed by atoms with Gasteiger partial charge in [-0.3, -0.25) is 0 Å². The third-order valence-corrected chi connectivity index (χ3v) is 5.53. The standard InChI is InChI=1S/C15H17ClFN3O2S/c16-13-1-2-14(17)12(8-13)10-23(21,22)19-9-11-3-5-20-6-4-18-15(20)7-11/h1-2,4,6,8,11,19H,3,5,7,9-10H2/t11-/m1/s1. The second-order valence-electron chi connectivity index (χ2n) is 5.74. The third kappa shape index (κ3) is 4.10. The number of nitrogens with zero attached hydrogens (tertiary/aromatic N) is 2. The fraction of sp³-hybridized carbons (Fsp3) is 0.400. The molecule has 124 valence electrons. The van der Waals surface area contributed by atoms with Crippen molar-refractivity contribution in [3.63, 3.8) is 0 Å². The van der Waals surface area contributed by atoms with E-state index < -0.39 is 21.6 Å². The van der Waals surface area contributed by atoms with Crippen LogP contribution < -0.4 is 4.72 Å². The largest absolute Gasteiger partial charge is 0.335 e. The quantitative estimate of drug-likeness (QED) is 0.893. The average molecular weight is 358 g/mol. The monoisotopic (exact) mass is 357 g/mol. The molecule has 2 aromatic rings. The number of rotatable bonds is 5. The van der Waals surface area contributed by atoms with Crippen molar-refractivity contribution in [1.29, 1.82) is 0 Å². The van der Waals surface area contributed by atoms with Gasteiger partial charge in [-0.15, -0.1) is 0 Å². The Hall–Kier alpha value is -1.44. The molecule has 0 saturated carbocycles. The van der Waals surface area contributed by atoms with Crippen LogP contribution in [0.25, 0.3) is 0 Å². The molecule has 0 fully saturated rings. The molecular weight excluding hydrogens is 341 g/mol. The maximum absolute atomic E-state index is 13.7. The molecule has 0 unspecified atom stereocenters. The average Bonchev–Trinajstić information content (AvgIpc) is 2.96. The minimum Gasteiger partial charge on any atom is -0.335 e. The molecule has 0 radical (unpaired) electrons. The predicted molar refractivity (Wildman–Crippen MR) is 86.1 cm³/mol. The van der Waals surface area contributed by atoms with Gasteiger partial charge in [-0.2, -0.15) is 0 Å². The molecule has 8 heteroatoms. The van der Waals surface area contributed by atoms with E-state index in [0.29, 0.717) is 11.6 Å². The number of fused-ring (bicyclic) bond motifs is 1. The van der Waals surface area contributed by atoms with Gasteiger partial charge < -0.3 is 4.57 Å². The molecule has 5 nitrogen and oxygen atoms in total. The predicted octanol–water partition coefficient (Wildman–Crippen LogP) is 2.36. The number of nitrogens with one attached hydrogen (secondary N) is 1. The van der Waals surface area contributed by atoms with E-state index in [2.05, 4.69) is 14.3 Å². The number of benzene rings is 1. The summed E-state index contributed by atoms with van der Waals surface area (Å²) in [4.78, 5) is 4.26. The lowest BCUT2D eigenvalue weighted by Crippen LogP contribution is -2.34. The van der Waals surface area contributed by atoms with Crippen molar-refractivity contribution in [3.05, 3.63) is 52.8 Å². The van der Waals surface area contributed by atoms with Gasteiger partial charge in [0, 0.05) is 42.5 Å². The van der Waals surface area contributed by atoms with E-state index in [4.69, 9.17) is 11.6 Å². The molecule has 0 aliphatic carbocycles. The minimum absolute atomic E-state index is 0.0733. The van der Waals surface area contributed by atoms with Gasteiger partial charge in [0.1, 0.15) is 11.6 Å². The van der Waals surface area contributed by atoms with Crippen LogP contribution in [0.2, 0.25) is 5.02 Å². The number of aromatic nitrogens is 2. The summed E-state index contributed by atoms with van der Waals surface area (Å²) in [6.45, 7) is 1.17. The molecule has 2 heterocycles.